The van der Waals surface area contributed by atoms with Gasteiger partial charge in [-0.15, -0.1) is 0 Å². The second-order valence-electron chi connectivity index (χ2n) is 8.23. The zero-order chi connectivity index (χ0) is 22.6. The summed E-state index contributed by atoms with van der Waals surface area (Å²) in [6.07, 6.45) is 2.07. The first-order chi connectivity index (χ1) is 14.8. The Bertz CT molecular complexity index is 926. The molecule has 0 radical (unpaired) electrons. The number of aryl methyl sites for hydroxylation is 2. The Hall–Kier alpha value is -2.93. The zero-order valence-electron chi connectivity index (χ0n) is 18.6. The van der Waals surface area contributed by atoms with Crippen LogP contribution >= 0.6 is 0 Å². The lowest BCUT2D eigenvalue weighted by atomic mass is 9.73. The van der Waals surface area contributed by atoms with Gasteiger partial charge >= 0.3 is 0 Å². The summed E-state index contributed by atoms with van der Waals surface area (Å²) in [5.74, 6) is 0.725. The molecule has 0 spiro atoms. The molecule has 0 saturated carbocycles. The topological polar surface area (TPSA) is 90.7 Å². The summed E-state index contributed by atoms with van der Waals surface area (Å²) in [5, 5.41) is 14.1. The van der Waals surface area contributed by atoms with Crippen molar-refractivity contribution in [3.63, 3.8) is 0 Å². The quantitative estimate of drug-likeness (QED) is 0.493. The molecule has 3 rings (SSSR count). The van der Waals surface area contributed by atoms with Gasteiger partial charge in [0, 0.05) is 31.0 Å². The second kappa shape index (κ2) is 9.47. The SMILES string of the molecule is CC[C@H](C)Oc1c(C)cc(NC(=O)C2(c3ccc([N+](=O)[O-])cc3)CCOCC2)cc1C. The van der Waals surface area contributed by atoms with Crippen molar-refractivity contribution in [1.29, 1.82) is 0 Å². The number of non-ortho nitro benzene ring substituents is 1. The molecule has 7 heteroatoms. The molecule has 1 atom stereocenters. The molecule has 0 unspecified atom stereocenters. The second-order valence-corrected chi connectivity index (χ2v) is 8.23. The van der Waals surface area contributed by atoms with Crippen molar-refractivity contribution in [2.24, 2.45) is 0 Å². The molecule has 1 aliphatic rings. The van der Waals surface area contributed by atoms with Crippen LogP contribution in [-0.4, -0.2) is 30.1 Å². The molecule has 1 aliphatic heterocycles. The number of nitrogens with zero attached hydrogens (tertiary/aromatic N) is 1. The van der Waals surface area contributed by atoms with E-state index in [0.29, 0.717) is 31.7 Å². The molecule has 2 aromatic carbocycles. The lowest BCUT2D eigenvalue weighted by molar-refractivity contribution is -0.384. The number of ether oxygens (including phenoxy) is 2. The Morgan fingerprint density at radius 1 is 1.19 bits per heavy atom. The summed E-state index contributed by atoms with van der Waals surface area (Å²) >= 11 is 0. The minimum atomic E-state index is -0.791. The first kappa shape index (κ1) is 22.7. The number of rotatable bonds is 7. The van der Waals surface area contributed by atoms with E-state index in [-0.39, 0.29) is 17.7 Å². The third kappa shape index (κ3) is 4.88. The molecular weight excluding hydrogens is 396 g/mol. The largest absolute Gasteiger partial charge is 0.490 e. The number of carbonyl (C=O) groups excluding carboxylic acids is 1. The van der Waals surface area contributed by atoms with E-state index in [1.54, 1.807) is 12.1 Å². The highest BCUT2D eigenvalue weighted by atomic mass is 16.6. The van der Waals surface area contributed by atoms with Crippen LogP contribution in [0.1, 0.15) is 49.8 Å². The number of nitro benzene ring substituents is 1. The van der Waals surface area contributed by atoms with Gasteiger partial charge in [-0.25, -0.2) is 0 Å². The number of hydrogen-bond acceptors (Lipinski definition) is 5. The molecule has 0 aromatic heterocycles. The third-order valence-electron chi connectivity index (χ3n) is 6.02. The van der Waals surface area contributed by atoms with E-state index in [1.807, 2.05) is 32.9 Å². The minimum absolute atomic E-state index is 0.00881. The van der Waals surface area contributed by atoms with Gasteiger partial charge in [0.05, 0.1) is 16.4 Å². The van der Waals surface area contributed by atoms with Crippen LogP contribution in [0.5, 0.6) is 5.75 Å². The van der Waals surface area contributed by atoms with Crippen molar-refractivity contribution < 1.29 is 19.2 Å². The molecule has 1 fully saturated rings. The van der Waals surface area contributed by atoms with E-state index < -0.39 is 10.3 Å². The predicted molar refractivity (Wildman–Crippen MR) is 120 cm³/mol. The fraction of sp³-hybridized carbons (Fsp3) is 0.458. The summed E-state index contributed by atoms with van der Waals surface area (Å²) in [6, 6.07) is 10.1. The van der Waals surface area contributed by atoms with E-state index in [4.69, 9.17) is 9.47 Å². The highest BCUT2D eigenvalue weighted by Crippen LogP contribution is 2.37. The molecular formula is C24H30N2O5. The van der Waals surface area contributed by atoms with Gasteiger partial charge in [0.15, 0.2) is 0 Å². The van der Waals surface area contributed by atoms with Crippen LogP contribution in [-0.2, 0) is 14.9 Å². The molecule has 31 heavy (non-hydrogen) atoms. The molecule has 2 aromatic rings. The van der Waals surface area contributed by atoms with Crippen molar-refractivity contribution in [2.75, 3.05) is 18.5 Å². The van der Waals surface area contributed by atoms with E-state index in [0.717, 1.165) is 28.9 Å². The zero-order valence-corrected chi connectivity index (χ0v) is 18.6. The maximum atomic E-state index is 13.5. The number of amides is 1. The van der Waals surface area contributed by atoms with Crippen LogP contribution in [0.25, 0.3) is 0 Å². The number of hydrogen-bond donors (Lipinski definition) is 1. The maximum Gasteiger partial charge on any atom is 0.269 e. The number of benzene rings is 2. The van der Waals surface area contributed by atoms with Crippen molar-refractivity contribution in [1.82, 2.24) is 0 Å². The third-order valence-corrected chi connectivity index (χ3v) is 6.02. The van der Waals surface area contributed by atoms with Crippen LogP contribution in [0.2, 0.25) is 0 Å². The lowest BCUT2D eigenvalue weighted by Gasteiger charge is -2.36. The van der Waals surface area contributed by atoms with Crippen LogP contribution < -0.4 is 10.1 Å². The first-order valence-electron chi connectivity index (χ1n) is 10.7. The van der Waals surface area contributed by atoms with E-state index >= 15 is 0 Å². The van der Waals surface area contributed by atoms with E-state index in [2.05, 4.69) is 12.2 Å². The fourth-order valence-electron chi connectivity index (χ4n) is 4.01. The molecule has 1 N–H and O–H groups in total. The van der Waals surface area contributed by atoms with Crippen LogP contribution in [0.3, 0.4) is 0 Å². The van der Waals surface area contributed by atoms with Crippen LogP contribution in [0, 0.1) is 24.0 Å². The Morgan fingerprint density at radius 3 is 2.29 bits per heavy atom. The van der Waals surface area contributed by atoms with Gasteiger partial charge < -0.3 is 14.8 Å². The van der Waals surface area contributed by atoms with Crippen LogP contribution in [0.15, 0.2) is 36.4 Å². The number of nitrogens with one attached hydrogen (secondary N) is 1. The number of carbonyl (C=O) groups is 1. The van der Waals surface area contributed by atoms with Crippen LogP contribution in [0.4, 0.5) is 11.4 Å². The van der Waals surface area contributed by atoms with Gasteiger partial charge in [-0.1, -0.05) is 19.1 Å². The average Bonchev–Trinajstić information content (AvgIpc) is 2.76. The van der Waals surface area contributed by atoms with E-state index in [1.165, 1.54) is 12.1 Å². The summed E-state index contributed by atoms with van der Waals surface area (Å²) in [4.78, 5) is 24.1. The lowest BCUT2D eigenvalue weighted by Crippen LogP contribution is -2.44. The monoisotopic (exact) mass is 426 g/mol. The van der Waals surface area contributed by atoms with Crippen molar-refractivity contribution in [3.05, 3.63) is 63.2 Å². The van der Waals surface area contributed by atoms with Crippen molar-refractivity contribution in [2.45, 2.75) is 58.5 Å². The normalized spacial score (nSPS) is 16.4. The molecule has 0 bridgehead atoms. The van der Waals surface area contributed by atoms with Gasteiger partial charge in [-0.05, 0) is 68.9 Å². The summed E-state index contributed by atoms with van der Waals surface area (Å²) < 4.78 is 11.5. The maximum absolute atomic E-state index is 13.5. The van der Waals surface area contributed by atoms with E-state index in [9.17, 15) is 14.9 Å². The summed E-state index contributed by atoms with van der Waals surface area (Å²) in [5.41, 5.74) is 2.63. The highest BCUT2D eigenvalue weighted by Gasteiger charge is 2.42. The molecule has 1 saturated heterocycles. The summed E-state index contributed by atoms with van der Waals surface area (Å²) in [7, 11) is 0. The number of nitro groups is 1. The van der Waals surface area contributed by atoms with Gasteiger partial charge in [0.1, 0.15) is 5.75 Å². The highest BCUT2D eigenvalue weighted by molar-refractivity contribution is 5.99. The standard InChI is InChI=1S/C24H30N2O5/c1-5-18(4)31-22-16(2)14-20(15-17(22)3)25-23(27)24(10-12-30-13-11-24)19-6-8-21(9-7-19)26(28)29/h6-9,14-15,18H,5,10-13H2,1-4H3,(H,25,27)/t18-/m0/s1. The minimum Gasteiger partial charge on any atom is -0.490 e. The van der Waals surface area contributed by atoms with Crippen molar-refractivity contribution in [3.8, 4) is 5.75 Å². The van der Waals surface area contributed by atoms with Gasteiger partial charge in [0.25, 0.3) is 5.69 Å². The van der Waals surface area contributed by atoms with Gasteiger partial charge in [0.2, 0.25) is 5.91 Å². The molecule has 7 nitrogen and oxygen atoms in total. The molecule has 166 valence electrons. The van der Waals surface area contributed by atoms with Crippen molar-refractivity contribution >= 4 is 17.3 Å². The first-order valence-corrected chi connectivity index (χ1v) is 10.7. The smallest absolute Gasteiger partial charge is 0.269 e. The number of anilines is 1. The fourth-order valence-corrected chi connectivity index (χ4v) is 4.01. The summed E-state index contributed by atoms with van der Waals surface area (Å²) in [6.45, 7) is 8.99. The Balaban J connectivity index is 1.88. The van der Waals surface area contributed by atoms with Gasteiger partial charge in [-0.3, -0.25) is 14.9 Å². The molecule has 1 heterocycles. The van der Waals surface area contributed by atoms with Gasteiger partial charge in [-0.2, -0.15) is 0 Å². The Kier molecular flexibility index (Phi) is 6.95. The Morgan fingerprint density at radius 2 is 1.77 bits per heavy atom. The predicted octanol–water partition coefficient (Wildman–Crippen LogP) is 5.08. The molecule has 0 aliphatic carbocycles. The Labute approximate surface area is 182 Å². The average molecular weight is 427 g/mol. The molecule has 1 amide bonds.